The van der Waals surface area contributed by atoms with Crippen LogP contribution in [0.4, 0.5) is 0 Å². The molecule has 0 saturated carbocycles. The lowest BCUT2D eigenvalue weighted by Crippen LogP contribution is -1.91. The van der Waals surface area contributed by atoms with Gasteiger partial charge >= 0.3 is 0 Å². The Morgan fingerprint density at radius 2 is 2.45 bits per heavy atom. The molecule has 0 fully saturated rings. The standard InChI is InChI=1S/C6H4BrN3O/c7-6-3-10(9-8-6)5-1-2-11-4-5/h1-4H. The Hall–Kier alpha value is -1.10. The van der Waals surface area contributed by atoms with E-state index in [9.17, 15) is 0 Å². The maximum atomic E-state index is 4.87. The quantitative estimate of drug-likeness (QED) is 0.724. The van der Waals surface area contributed by atoms with Crippen LogP contribution in [0.15, 0.2) is 33.8 Å². The van der Waals surface area contributed by atoms with Crippen molar-refractivity contribution in [3.63, 3.8) is 0 Å². The van der Waals surface area contributed by atoms with Crippen molar-refractivity contribution in [2.75, 3.05) is 0 Å². The molecule has 56 valence electrons. The molecule has 2 heterocycles. The van der Waals surface area contributed by atoms with Crippen LogP contribution in [0.5, 0.6) is 0 Å². The molecule has 0 spiro atoms. The molecule has 0 unspecified atom stereocenters. The van der Waals surface area contributed by atoms with E-state index in [4.69, 9.17) is 4.42 Å². The Bertz CT molecular complexity index is 340. The van der Waals surface area contributed by atoms with E-state index in [1.807, 2.05) is 0 Å². The van der Waals surface area contributed by atoms with Gasteiger partial charge in [0.15, 0.2) is 0 Å². The second kappa shape index (κ2) is 2.50. The van der Waals surface area contributed by atoms with E-state index in [0.717, 1.165) is 5.69 Å². The fraction of sp³-hybridized carbons (Fsp3) is 0. The lowest BCUT2D eigenvalue weighted by Gasteiger charge is -1.88. The number of nitrogens with zero attached hydrogens (tertiary/aromatic N) is 3. The van der Waals surface area contributed by atoms with Crippen molar-refractivity contribution in [2.24, 2.45) is 0 Å². The van der Waals surface area contributed by atoms with Crippen molar-refractivity contribution < 1.29 is 4.42 Å². The number of hydrogen-bond acceptors (Lipinski definition) is 3. The summed E-state index contributed by atoms with van der Waals surface area (Å²) in [6, 6.07) is 1.81. The minimum absolute atomic E-state index is 0.707. The summed E-state index contributed by atoms with van der Waals surface area (Å²) in [4.78, 5) is 0. The average molecular weight is 214 g/mol. The molecule has 0 bridgehead atoms. The monoisotopic (exact) mass is 213 g/mol. The maximum absolute atomic E-state index is 4.87. The van der Waals surface area contributed by atoms with E-state index in [2.05, 4.69) is 26.2 Å². The lowest BCUT2D eigenvalue weighted by atomic mass is 10.5. The highest BCUT2D eigenvalue weighted by Crippen LogP contribution is 2.09. The van der Waals surface area contributed by atoms with Crippen molar-refractivity contribution in [3.8, 4) is 5.69 Å². The molecule has 2 rings (SSSR count). The van der Waals surface area contributed by atoms with Gasteiger partial charge in [0.2, 0.25) is 0 Å². The number of aromatic nitrogens is 3. The third kappa shape index (κ3) is 1.19. The summed E-state index contributed by atoms with van der Waals surface area (Å²) in [5.74, 6) is 0. The molecule has 0 aliphatic rings. The summed E-state index contributed by atoms with van der Waals surface area (Å²) in [6.07, 6.45) is 4.94. The fourth-order valence-electron chi connectivity index (χ4n) is 0.757. The van der Waals surface area contributed by atoms with Gasteiger partial charge < -0.3 is 4.42 Å². The molecule has 0 aliphatic heterocycles. The van der Waals surface area contributed by atoms with Crippen molar-refractivity contribution in [1.82, 2.24) is 15.0 Å². The van der Waals surface area contributed by atoms with Crippen molar-refractivity contribution in [3.05, 3.63) is 29.4 Å². The average Bonchev–Trinajstić information content (AvgIpc) is 2.55. The van der Waals surface area contributed by atoms with Crippen LogP contribution in [-0.2, 0) is 0 Å². The molecule has 0 atom stereocenters. The number of halogens is 1. The van der Waals surface area contributed by atoms with E-state index in [1.165, 1.54) is 0 Å². The van der Waals surface area contributed by atoms with Crippen LogP contribution in [0.2, 0.25) is 0 Å². The molecule has 0 aliphatic carbocycles. The normalized spacial score (nSPS) is 10.3. The Balaban J connectivity index is 2.45. The van der Waals surface area contributed by atoms with Gasteiger partial charge in [-0.2, -0.15) is 0 Å². The van der Waals surface area contributed by atoms with Gasteiger partial charge in [-0.15, -0.1) is 5.10 Å². The van der Waals surface area contributed by atoms with Crippen LogP contribution in [-0.4, -0.2) is 15.0 Å². The zero-order valence-corrected chi connectivity index (χ0v) is 7.02. The third-order valence-electron chi connectivity index (χ3n) is 1.24. The highest BCUT2D eigenvalue weighted by molar-refractivity contribution is 9.10. The molecule has 0 aromatic carbocycles. The van der Waals surface area contributed by atoms with Crippen LogP contribution >= 0.6 is 15.9 Å². The Labute approximate surface area is 70.9 Å². The molecule has 11 heavy (non-hydrogen) atoms. The van der Waals surface area contributed by atoms with Crippen LogP contribution in [0.25, 0.3) is 5.69 Å². The molecule has 0 N–H and O–H groups in total. The summed E-state index contributed by atoms with van der Waals surface area (Å²) in [7, 11) is 0. The van der Waals surface area contributed by atoms with E-state index < -0.39 is 0 Å². The van der Waals surface area contributed by atoms with E-state index in [1.54, 1.807) is 29.5 Å². The predicted molar refractivity (Wildman–Crippen MR) is 41.3 cm³/mol. The van der Waals surface area contributed by atoms with Gasteiger partial charge in [0.05, 0.1) is 12.5 Å². The molecule has 5 heteroatoms. The Kier molecular flexibility index (Phi) is 1.50. The van der Waals surface area contributed by atoms with Crippen LogP contribution in [0, 0.1) is 0 Å². The van der Waals surface area contributed by atoms with E-state index >= 15 is 0 Å². The van der Waals surface area contributed by atoms with Crippen molar-refractivity contribution in [2.45, 2.75) is 0 Å². The third-order valence-corrected chi connectivity index (χ3v) is 1.60. The highest BCUT2D eigenvalue weighted by atomic mass is 79.9. The summed E-state index contributed by atoms with van der Waals surface area (Å²) < 4.78 is 7.20. The van der Waals surface area contributed by atoms with Crippen LogP contribution in [0.3, 0.4) is 0 Å². The first-order valence-corrected chi connectivity index (χ1v) is 3.76. The van der Waals surface area contributed by atoms with Crippen LogP contribution in [0.1, 0.15) is 0 Å². The molecule has 2 aromatic rings. The first-order valence-electron chi connectivity index (χ1n) is 2.97. The molecule has 4 nitrogen and oxygen atoms in total. The zero-order valence-electron chi connectivity index (χ0n) is 5.44. The summed E-state index contributed by atoms with van der Waals surface area (Å²) in [5.41, 5.74) is 0.864. The van der Waals surface area contributed by atoms with Gasteiger partial charge in [-0.25, -0.2) is 4.68 Å². The van der Waals surface area contributed by atoms with Gasteiger partial charge in [0.1, 0.15) is 16.6 Å². The Morgan fingerprint density at radius 3 is 3.00 bits per heavy atom. The smallest absolute Gasteiger partial charge is 0.148 e. The highest BCUT2D eigenvalue weighted by Gasteiger charge is 1.99. The lowest BCUT2D eigenvalue weighted by molar-refractivity contribution is 0.564. The number of rotatable bonds is 1. The summed E-state index contributed by atoms with van der Waals surface area (Å²) >= 11 is 3.19. The van der Waals surface area contributed by atoms with Gasteiger partial charge in [0, 0.05) is 6.07 Å². The van der Waals surface area contributed by atoms with Gasteiger partial charge in [0.25, 0.3) is 0 Å². The van der Waals surface area contributed by atoms with Crippen LogP contribution < -0.4 is 0 Å². The number of hydrogen-bond donors (Lipinski definition) is 0. The molecule has 0 radical (unpaired) electrons. The fourth-order valence-corrected chi connectivity index (χ4v) is 1.02. The maximum Gasteiger partial charge on any atom is 0.148 e. The molecular weight excluding hydrogens is 210 g/mol. The zero-order chi connectivity index (χ0) is 7.68. The summed E-state index contributed by atoms with van der Waals surface area (Å²) in [6.45, 7) is 0. The summed E-state index contributed by atoms with van der Waals surface area (Å²) in [5, 5.41) is 7.58. The predicted octanol–water partition coefficient (Wildman–Crippen LogP) is 1.62. The second-order valence-electron chi connectivity index (χ2n) is 1.97. The molecule has 0 amide bonds. The number of furan rings is 1. The molecule has 2 aromatic heterocycles. The van der Waals surface area contributed by atoms with Crippen molar-refractivity contribution >= 4 is 15.9 Å². The SMILES string of the molecule is Brc1cn(-c2ccoc2)nn1. The van der Waals surface area contributed by atoms with Gasteiger partial charge in [-0.3, -0.25) is 0 Å². The second-order valence-corrected chi connectivity index (χ2v) is 2.78. The first-order chi connectivity index (χ1) is 5.36. The van der Waals surface area contributed by atoms with Crippen molar-refractivity contribution in [1.29, 1.82) is 0 Å². The minimum Gasteiger partial charge on any atom is -0.470 e. The van der Waals surface area contributed by atoms with E-state index in [0.29, 0.717) is 4.60 Å². The minimum atomic E-state index is 0.707. The first kappa shape index (κ1) is 6.60. The van der Waals surface area contributed by atoms with Gasteiger partial charge in [-0.1, -0.05) is 5.21 Å². The van der Waals surface area contributed by atoms with E-state index in [-0.39, 0.29) is 0 Å². The Morgan fingerprint density at radius 1 is 1.55 bits per heavy atom. The van der Waals surface area contributed by atoms with Gasteiger partial charge in [-0.05, 0) is 15.9 Å². The topological polar surface area (TPSA) is 43.9 Å². The largest absolute Gasteiger partial charge is 0.470 e. The molecular formula is C6H4BrN3O. The molecule has 0 saturated heterocycles.